The zero-order valence-corrected chi connectivity index (χ0v) is 15.4. The summed E-state index contributed by atoms with van der Waals surface area (Å²) in [5.41, 5.74) is 3.91. The van der Waals surface area contributed by atoms with Gasteiger partial charge in [0.15, 0.2) is 5.65 Å². The van der Waals surface area contributed by atoms with Crippen LogP contribution in [-0.4, -0.2) is 30.6 Å². The molecule has 3 heterocycles. The minimum absolute atomic E-state index is 0.123. The molecule has 0 bridgehead atoms. The fourth-order valence-corrected chi connectivity index (χ4v) is 2.84. The smallest absolute Gasteiger partial charge is 0.316 e. The zero-order chi connectivity index (χ0) is 19.0. The molecular formula is C18H15ClN6O2. The Morgan fingerprint density at radius 1 is 1.22 bits per heavy atom. The molecule has 1 amide bonds. The van der Waals surface area contributed by atoms with Gasteiger partial charge >= 0.3 is 11.8 Å². The number of fused-ring (bicyclic) bond motifs is 1. The highest BCUT2D eigenvalue weighted by atomic mass is 35.5. The van der Waals surface area contributed by atoms with Gasteiger partial charge in [-0.15, -0.1) is 0 Å². The van der Waals surface area contributed by atoms with Crippen molar-refractivity contribution < 1.29 is 9.32 Å². The van der Waals surface area contributed by atoms with Crippen molar-refractivity contribution in [2.24, 2.45) is 0 Å². The monoisotopic (exact) mass is 382 g/mol. The average Bonchev–Trinajstić information content (AvgIpc) is 3.28. The predicted octanol–water partition coefficient (Wildman–Crippen LogP) is 2.98. The quantitative estimate of drug-likeness (QED) is 0.582. The van der Waals surface area contributed by atoms with E-state index in [0.717, 1.165) is 17.0 Å². The van der Waals surface area contributed by atoms with Crippen LogP contribution in [0.25, 0.3) is 17.0 Å². The molecule has 0 unspecified atom stereocenters. The fraction of sp³-hybridized carbons (Fsp3) is 0.167. The Balaban J connectivity index is 1.55. The molecule has 27 heavy (non-hydrogen) atoms. The van der Waals surface area contributed by atoms with Gasteiger partial charge in [0.05, 0.1) is 11.8 Å². The van der Waals surface area contributed by atoms with Crippen molar-refractivity contribution in [3.63, 3.8) is 0 Å². The van der Waals surface area contributed by atoms with Crippen molar-refractivity contribution in [3.05, 3.63) is 64.4 Å². The summed E-state index contributed by atoms with van der Waals surface area (Å²) in [6, 6.07) is 9.11. The van der Waals surface area contributed by atoms with Crippen molar-refractivity contribution in [3.8, 4) is 11.4 Å². The van der Waals surface area contributed by atoms with Crippen LogP contribution >= 0.6 is 11.6 Å². The second-order valence-electron chi connectivity index (χ2n) is 6.06. The first-order valence-electron chi connectivity index (χ1n) is 8.20. The van der Waals surface area contributed by atoms with Gasteiger partial charge in [0.2, 0.25) is 5.82 Å². The van der Waals surface area contributed by atoms with Crippen LogP contribution in [0.2, 0.25) is 5.02 Å². The topological polar surface area (TPSA) is 98.2 Å². The maximum atomic E-state index is 12.3. The highest BCUT2D eigenvalue weighted by Crippen LogP contribution is 2.21. The molecule has 0 saturated heterocycles. The highest BCUT2D eigenvalue weighted by Gasteiger charge is 2.19. The maximum Gasteiger partial charge on any atom is 0.316 e. The minimum atomic E-state index is -0.458. The lowest BCUT2D eigenvalue weighted by molar-refractivity contribution is 0.0907. The summed E-state index contributed by atoms with van der Waals surface area (Å²) >= 11 is 5.85. The molecule has 0 spiro atoms. The summed E-state index contributed by atoms with van der Waals surface area (Å²) in [4.78, 5) is 20.9. The van der Waals surface area contributed by atoms with Gasteiger partial charge in [0, 0.05) is 23.0 Å². The third kappa shape index (κ3) is 3.39. The third-order valence-corrected chi connectivity index (χ3v) is 4.26. The Morgan fingerprint density at radius 2 is 2.00 bits per heavy atom. The number of aryl methyl sites for hydroxylation is 2. The number of carbonyl (C=O) groups is 1. The largest absolute Gasteiger partial charge is 0.344 e. The number of halogens is 1. The lowest BCUT2D eigenvalue weighted by Gasteiger charge is -2.02. The number of nitrogens with zero attached hydrogens (tertiary/aromatic N) is 5. The Kier molecular flexibility index (Phi) is 4.33. The van der Waals surface area contributed by atoms with Crippen molar-refractivity contribution in [1.82, 2.24) is 30.1 Å². The molecule has 0 fully saturated rings. The van der Waals surface area contributed by atoms with Gasteiger partial charge < -0.3 is 9.84 Å². The summed E-state index contributed by atoms with van der Waals surface area (Å²) in [5, 5.41) is 11.6. The van der Waals surface area contributed by atoms with Crippen LogP contribution in [0.1, 0.15) is 27.6 Å². The number of amides is 1. The van der Waals surface area contributed by atoms with Crippen LogP contribution in [0.3, 0.4) is 0 Å². The van der Waals surface area contributed by atoms with E-state index in [1.165, 1.54) is 0 Å². The van der Waals surface area contributed by atoms with E-state index in [0.29, 0.717) is 22.8 Å². The van der Waals surface area contributed by atoms with Crippen LogP contribution in [0, 0.1) is 13.8 Å². The molecule has 9 heteroatoms. The van der Waals surface area contributed by atoms with E-state index in [1.807, 2.05) is 32.0 Å². The molecule has 0 radical (unpaired) electrons. The van der Waals surface area contributed by atoms with Crippen molar-refractivity contribution in [2.45, 2.75) is 20.4 Å². The Hall–Kier alpha value is -3.26. The van der Waals surface area contributed by atoms with Crippen LogP contribution < -0.4 is 5.32 Å². The molecule has 3 aromatic heterocycles. The van der Waals surface area contributed by atoms with Gasteiger partial charge in [-0.3, -0.25) is 4.79 Å². The third-order valence-electron chi connectivity index (χ3n) is 4.01. The van der Waals surface area contributed by atoms with E-state index in [2.05, 4.69) is 25.5 Å². The number of rotatable bonds is 4. The van der Waals surface area contributed by atoms with E-state index in [4.69, 9.17) is 16.1 Å². The Morgan fingerprint density at radius 3 is 2.78 bits per heavy atom. The van der Waals surface area contributed by atoms with Gasteiger partial charge in [0.1, 0.15) is 0 Å². The summed E-state index contributed by atoms with van der Waals surface area (Å²) < 4.78 is 6.80. The van der Waals surface area contributed by atoms with Crippen molar-refractivity contribution in [2.75, 3.05) is 0 Å². The molecule has 0 aliphatic carbocycles. The molecule has 0 aliphatic heterocycles. The minimum Gasteiger partial charge on any atom is -0.344 e. The van der Waals surface area contributed by atoms with E-state index < -0.39 is 5.91 Å². The Bertz CT molecular complexity index is 1130. The number of hydrogen-bond donors (Lipinski definition) is 1. The van der Waals surface area contributed by atoms with Gasteiger partial charge in [-0.2, -0.15) is 10.1 Å². The highest BCUT2D eigenvalue weighted by molar-refractivity contribution is 6.30. The van der Waals surface area contributed by atoms with Crippen LogP contribution in [-0.2, 0) is 6.54 Å². The van der Waals surface area contributed by atoms with E-state index in [9.17, 15) is 4.79 Å². The first-order valence-corrected chi connectivity index (χ1v) is 8.58. The van der Waals surface area contributed by atoms with Crippen LogP contribution in [0.5, 0.6) is 0 Å². The van der Waals surface area contributed by atoms with E-state index >= 15 is 0 Å². The first kappa shape index (κ1) is 17.2. The summed E-state index contributed by atoms with van der Waals surface area (Å²) in [5.74, 6) is -0.317. The number of hydrogen-bond acceptors (Lipinski definition) is 6. The van der Waals surface area contributed by atoms with E-state index in [1.54, 1.807) is 22.8 Å². The van der Waals surface area contributed by atoms with Gasteiger partial charge in [-0.1, -0.05) is 28.9 Å². The molecule has 0 atom stereocenters. The number of nitrogens with one attached hydrogen (secondary N) is 1. The SMILES string of the molecule is Cc1cc(C)n2ncc(-c3noc(C(=O)NCc4ccc(Cl)cc4)n3)c2n1. The molecule has 1 aromatic carbocycles. The van der Waals surface area contributed by atoms with Crippen LogP contribution in [0.4, 0.5) is 0 Å². The number of benzene rings is 1. The van der Waals surface area contributed by atoms with Crippen LogP contribution in [0.15, 0.2) is 41.1 Å². The van der Waals surface area contributed by atoms with Gasteiger partial charge in [-0.25, -0.2) is 9.50 Å². The lowest BCUT2D eigenvalue weighted by Crippen LogP contribution is -2.23. The summed E-state index contributed by atoms with van der Waals surface area (Å²) in [6.45, 7) is 4.16. The van der Waals surface area contributed by atoms with Gasteiger partial charge in [0.25, 0.3) is 0 Å². The molecule has 0 aliphatic rings. The molecule has 136 valence electrons. The Labute approximate surface area is 159 Å². The molecule has 1 N–H and O–H groups in total. The number of aromatic nitrogens is 5. The zero-order valence-electron chi connectivity index (χ0n) is 14.6. The van der Waals surface area contributed by atoms with Crippen molar-refractivity contribution >= 4 is 23.2 Å². The molecule has 4 rings (SSSR count). The predicted molar refractivity (Wildman–Crippen MR) is 98.4 cm³/mol. The molecule has 0 saturated carbocycles. The van der Waals surface area contributed by atoms with Gasteiger partial charge in [-0.05, 0) is 37.6 Å². The molecular weight excluding hydrogens is 368 g/mol. The van der Waals surface area contributed by atoms with E-state index in [-0.39, 0.29) is 11.7 Å². The summed E-state index contributed by atoms with van der Waals surface area (Å²) in [7, 11) is 0. The fourth-order valence-electron chi connectivity index (χ4n) is 2.71. The maximum absolute atomic E-state index is 12.3. The second-order valence-corrected chi connectivity index (χ2v) is 6.50. The second kappa shape index (κ2) is 6.81. The lowest BCUT2D eigenvalue weighted by atomic mass is 10.2. The normalized spacial score (nSPS) is 11.1. The average molecular weight is 383 g/mol. The number of carbonyl (C=O) groups excluding carboxylic acids is 1. The molecule has 8 nitrogen and oxygen atoms in total. The standard InChI is InChI=1S/C18H15ClN6O2/c1-10-7-11(2)25-16(22-10)14(9-21-25)15-23-18(27-24-15)17(26)20-8-12-3-5-13(19)6-4-12/h3-7,9H,8H2,1-2H3,(H,20,26). The van der Waals surface area contributed by atoms with Crippen molar-refractivity contribution in [1.29, 1.82) is 0 Å². The molecule has 4 aromatic rings. The first-order chi connectivity index (χ1) is 13.0. The summed E-state index contributed by atoms with van der Waals surface area (Å²) in [6.07, 6.45) is 1.61.